The van der Waals surface area contributed by atoms with E-state index < -0.39 is 8.32 Å². The SMILES string of the molecule is CC(C)(C)c1ccc(C2=NC(CO[Si](C)(C)C(C)(C)C)CC(=O)O2)cc1. The summed E-state index contributed by atoms with van der Waals surface area (Å²) >= 11 is 0. The number of benzene rings is 1. The van der Waals surface area contributed by atoms with Gasteiger partial charge in [-0.3, -0.25) is 4.79 Å². The number of rotatable bonds is 4. The molecule has 1 aliphatic rings. The van der Waals surface area contributed by atoms with Crippen LogP contribution >= 0.6 is 0 Å². The van der Waals surface area contributed by atoms with Gasteiger partial charge >= 0.3 is 5.97 Å². The van der Waals surface area contributed by atoms with E-state index >= 15 is 0 Å². The molecule has 1 atom stereocenters. The van der Waals surface area contributed by atoms with Crippen LogP contribution in [0.4, 0.5) is 0 Å². The number of ether oxygens (including phenoxy) is 1. The predicted octanol–water partition coefficient (Wildman–Crippen LogP) is 5.07. The molecule has 2 rings (SSSR count). The molecule has 1 aromatic carbocycles. The molecule has 0 saturated carbocycles. The molecule has 0 amide bonds. The minimum atomic E-state index is -1.86. The van der Waals surface area contributed by atoms with Gasteiger partial charge in [-0.15, -0.1) is 0 Å². The van der Waals surface area contributed by atoms with Gasteiger partial charge in [0.05, 0.1) is 19.1 Å². The van der Waals surface area contributed by atoms with Gasteiger partial charge in [0.25, 0.3) is 0 Å². The van der Waals surface area contributed by atoms with Crippen molar-refractivity contribution in [3.05, 3.63) is 35.4 Å². The van der Waals surface area contributed by atoms with Crippen LogP contribution in [-0.4, -0.2) is 32.8 Å². The van der Waals surface area contributed by atoms with Gasteiger partial charge in [-0.2, -0.15) is 0 Å². The molecule has 1 heterocycles. The van der Waals surface area contributed by atoms with Crippen molar-refractivity contribution in [3.63, 3.8) is 0 Å². The van der Waals surface area contributed by atoms with Crippen LogP contribution in [0.2, 0.25) is 18.1 Å². The lowest BCUT2D eigenvalue weighted by Crippen LogP contribution is -2.43. The number of carbonyl (C=O) groups is 1. The van der Waals surface area contributed by atoms with Gasteiger partial charge in [0.2, 0.25) is 5.90 Å². The predicted molar refractivity (Wildman–Crippen MR) is 109 cm³/mol. The molecule has 0 bridgehead atoms. The van der Waals surface area contributed by atoms with Crippen molar-refractivity contribution >= 4 is 20.2 Å². The number of cyclic esters (lactones) is 1. The monoisotopic (exact) mass is 375 g/mol. The highest BCUT2D eigenvalue weighted by atomic mass is 28.4. The largest absolute Gasteiger partial charge is 0.415 e. The quantitative estimate of drug-likeness (QED) is 0.545. The Bertz CT molecular complexity index is 679. The highest BCUT2D eigenvalue weighted by Gasteiger charge is 2.38. The van der Waals surface area contributed by atoms with Crippen molar-refractivity contribution in [2.24, 2.45) is 4.99 Å². The lowest BCUT2D eigenvalue weighted by Gasteiger charge is -2.37. The Morgan fingerprint density at radius 3 is 2.19 bits per heavy atom. The van der Waals surface area contributed by atoms with Crippen molar-refractivity contribution in [3.8, 4) is 0 Å². The molecule has 144 valence electrons. The van der Waals surface area contributed by atoms with Crippen LogP contribution in [0.1, 0.15) is 59.1 Å². The molecule has 4 nitrogen and oxygen atoms in total. The smallest absolute Gasteiger partial charge is 0.314 e. The molecular weight excluding hydrogens is 342 g/mol. The van der Waals surface area contributed by atoms with Crippen molar-refractivity contribution < 1.29 is 14.0 Å². The normalized spacial score (nSPS) is 19.2. The van der Waals surface area contributed by atoms with E-state index in [1.54, 1.807) is 0 Å². The second-order valence-electron chi connectivity index (χ2n) is 9.66. The summed E-state index contributed by atoms with van der Waals surface area (Å²) < 4.78 is 11.6. The summed E-state index contributed by atoms with van der Waals surface area (Å²) in [6, 6.07) is 7.92. The topological polar surface area (TPSA) is 47.9 Å². The van der Waals surface area contributed by atoms with Gasteiger partial charge in [0.1, 0.15) is 0 Å². The third kappa shape index (κ3) is 5.04. The summed E-state index contributed by atoms with van der Waals surface area (Å²) in [5.41, 5.74) is 2.16. The summed E-state index contributed by atoms with van der Waals surface area (Å²) in [5.74, 6) is 0.171. The van der Waals surface area contributed by atoms with E-state index in [1.165, 1.54) is 5.56 Å². The van der Waals surface area contributed by atoms with Gasteiger partial charge in [0, 0.05) is 5.56 Å². The maximum absolute atomic E-state index is 12.1. The molecule has 0 saturated heterocycles. The first-order valence-corrected chi connectivity index (χ1v) is 12.2. The van der Waals surface area contributed by atoms with Crippen LogP contribution < -0.4 is 0 Å². The van der Waals surface area contributed by atoms with E-state index in [0.29, 0.717) is 12.5 Å². The summed E-state index contributed by atoms with van der Waals surface area (Å²) in [7, 11) is -1.86. The molecule has 0 N–H and O–H groups in total. The van der Waals surface area contributed by atoms with E-state index in [-0.39, 0.29) is 28.9 Å². The molecule has 0 aliphatic carbocycles. The zero-order valence-corrected chi connectivity index (χ0v) is 18.5. The lowest BCUT2D eigenvalue weighted by molar-refractivity contribution is -0.137. The van der Waals surface area contributed by atoms with Gasteiger partial charge in [-0.1, -0.05) is 53.7 Å². The Balaban J connectivity index is 2.15. The van der Waals surface area contributed by atoms with E-state index in [1.807, 2.05) is 12.1 Å². The number of esters is 1. The Morgan fingerprint density at radius 2 is 1.69 bits per heavy atom. The van der Waals surface area contributed by atoms with Gasteiger partial charge < -0.3 is 9.16 Å². The first-order valence-electron chi connectivity index (χ1n) is 9.33. The average molecular weight is 376 g/mol. The second kappa shape index (κ2) is 7.28. The fourth-order valence-corrected chi connectivity index (χ4v) is 3.49. The van der Waals surface area contributed by atoms with Crippen molar-refractivity contribution in [1.82, 2.24) is 0 Å². The molecule has 1 unspecified atom stereocenters. The van der Waals surface area contributed by atoms with Crippen LogP contribution in [0.15, 0.2) is 29.3 Å². The first kappa shape index (κ1) is 20.8. The molecule has 0 fully saturated rings. The molecule has 1 aromatic rings. The Labute approximate surface area is 159 Å². The van der Waals surface area contributed by atoms with Crippen LogP contribution in [0.25, 0.3) is 0 Å². The Kier molecular flexibility index (Phi) is 5.83. The van der Waals surface area contributed by atoms with E-state index in [9.17, 15) is 4.79 Å². The summed E-state index contributed by atoms with van der Waals surface area (Å²) in [6.07, 6.45) is 0.276. The fourth-order valence-electron chi connectivity index (χ4n) is 2.44. The van der Waals surface area contributed by atoms with Crippen molar-refractivity contribution in [2.45, 2.75) is 77.6 Å². The number of hydrogen-bond donors (Lipinski definition) is 0. The van der Waals surface area contributed by atoms with E-state index in [4.69, 9.17) is 9.16 Å². The van der Waals surface area contributed by atoms with Crippen LogP contribution in [0.3, 0.4) is 0 Å². The zero-order chi connectivity index (χ0) is 19.8. The molecule has 0 aromatic heterocycles. The van der Waals surface area contributed by atoms with Crippen molar-refractivity contribution in [2.75, 3.05) is 6.61 Å². The lowest BCUT2D eigenvalue weighted by atomic mass is 9.87. The van der Waals surface area contributed by atoms with Crippen LogP contribution in [0.5, 0.6) is 0 Å². The van der Waals surface area contributed by atoms with Crippen LogP contribution in [0, 0.1) is 0 Å². The van der Waals surface area contributed by atoms with E-state index in [0.717, 1.165) is 5.56 Å². The minimum Gasteiger partial charge on any atom is -0.415 e. The number of carbonyl (C=O) groups excluding carboxylic acids is 1. The zero-order valence-electron chi connectivity index (χ0n) is 17.5. The third-order valence-electron chi connectivity index (χ3n) is 5.35. The third-order valence-corrected chi connectivity index (χ3v) is 9.85. The standard InChI is InChI=1S/C21H33NO3Si/c1-20(2,3)16-11-9-15(10-12-16)19-22-17(13-18(23)25-19)14-24-26(7,8)21(4,5)6/h9-12,17H,13-14H2,1-8H3. The maximum atomic E-state index is 12.1. The summed E-state index contributed by atoms with van der Waals surface area (Å²) in [4.78, 5) is 16.7. The molecular formula is C21H33NO3Si. The number of nitrogens with zero attached hydrogens (tertiary/aromatic N) is 1. The fraction of sp³-hybridized carbons (Fsp3) is 0.619. The molecule has 0 radical (unpaired) electrons. The highest BCUT2D eigenvalue weighted by molar-refractivity contribution is 6.74. The summed E-state index contributed by atoms with van der Waals surface area (Å²) in [5, 5.41) is 0.136. The minimum absolute atomic E-state index is 0.0864. The number of aliphatic imine (C=N–C) groups is 1. The van der Waals surface area contributed by atoms with E-state index in [2.05, 4.69) is 71.8 Å². The van der Waals surface area contributed by atoms with Crippen molar-refractivity contribution in [1.29, 1.82) is 0 Å². The highest BCUT2D eigenvalue weighted by Crippen LogP contribution is 2.36. The molecule has 26 heavy (non-hydrogen) atoms. The van der Waals surface area contributed by atoms with Crippen LogP contribution in [-0.2, 0) is 19.4 Å². The Hall–Kier alpha value is -1.46. The second-order valence-corrected chi connectivity index (χ2v) is 14.5. The number of hydrogen-bond acceptors (Lipinski definition) is 4. The Morgan fingerprint density at radius 1 is 1.12 bits per heavy atom. The summed E-state index contributed by atoms with van der Waals surface area (Å²) in [6.45, 7) is 18.0. The van der Waals surface area contributed by atoms with Gasteiger partial charge in [0.15, 0.2) is 8.32 Å². The molecule has 1 aliphatic heterocycles. The van der Waals surface area contributed by atoms with Gasteiger partial charge in [-0.05, 0) is 41.2 Å². The molecule has 5 heteroatoms. The maximum Gasteiger partial charge on any atom is 0.314 e. The average Bonchev–Trinajstić information content (AvgIpc) is 2.51. The molecule has 0 spiro atoms. The first-order chi connectivity index (χ1) is 11.8. The van der Waals surface area contributed by atoms with Gasteiger partial charge in [-0.25, -0.2) is 4.99 Å².